The van der Waals surface area contributed by atoms with Crippen molar-refractivity contribution in [2.75, 3.05) is 11.5 Å². The second kappa shape index (κ2) is 8.55. The monoisotopic (exact) mass is 435 g/mol. The van der Waals surface area contributed by atoms with Crippen LogP contribution >= 0.6 is 11.8 Å². The maximum atomic E-state index is 12.8. The molecule has 2 aromatic heterocycles. The van der Waals surface area contributed by atoms with E-state index in [1.54, 1.807) is 18.7 Å². The highest BCUT2D eigenvalue weighted by molar-refractivity contribution is 7.99. The lowest BCUT2D eigenvalue weighted by Crippen LogP contribution is -2.41. The normalized spacial score (nSPS) is 15.7. The number of carbonyl (C=O) groups is 1. The zero-order valence-electron chi connectivity index (χ0n) is 17.2. The minimum absolute atomic E-state index is 0.00916. The van der Waals surface area contributed by atoms with E-state index in [-0.39, 0.29) is 24.6 Å². The van der Waals surface area contributed by atoms with Crippen molar-refractivity contribution in [2.45, 2.75) is 38.1 Å². The summed E-state index contributed by atoms with van der Waals surface area (Å²) in [5.41, 5.74) is -1.85. The molecule has 30 heavy (non-hydrogen) atoms. The Morgan fingerprint density at radius 3 is 2.53 bits per heavy atom. The summed E-state index contributed by atoms with van der Waals surface area (Å²) in [5, 5.41) is 13.1. The van der Waals surface area contributed by atoms with Crippen LogP contribution < -0.4 is 22.0 Å². The molecule has 1 amide bonds. The maximum Gasteiger partial charge on any atom is 0.330 e. The summed E-state index contributed by atoms with van der Waals surface area (Å²) in [5.74, 6) is 1.30. The highest BCUT2D eigenvalue weighted by atomic mass is 32.2. The van der Waals surface area contributed by atoms with Crippen LogP contribution in [0.15, 0.2) is 30.9 Å². The van der Waals surface area contributed by atoms with Crippen molar-refractivity contribution in [1.82, 2.24) is 14.5 Å². The molecule has 1 aliphatic heterocycles. The molecule has 0 aromatic carbocycles. The smallest absolute Gasteiger partial charge is 0.330 e. The largest absolute Gasteiger partial charge is 0.502 e. The molecule has 2 N–H and O–H groups in total. The van der Waals surface area contributed by atoms with E-state index in [1.165, 1.54) is 30.8 Å². The number of nitrogens with zero attached hydrogens (tertiary/aromatic N) is 2. The first-order chi connectivity index (χ1) is 14.1. The number of hydrogen-bond acceptors (Lipinski definition) is 7. The Bertz CT molecular complexity index is 1140. The number of nitrogens with one attached hydrogen (secondary N) is 1. The summed E-state index contributed by atoms with van der Waals surface area (Å²) in [6.45, 7) is 1.64. The van der Waals surface area contributed by atoms with Gasteiger partial charge in [0.1, 0.15) is 5.76 Å². The average molecular weight is 436 g/mol. The molecule has 3 rings (SSSR count). The van der Waals surface area contributed by atoms with Gasteiger partial charge in [0.15, 0.2) is 5.76 Å². The van der Waals surface area contributed by atoms with Gasteiger partial charge in [-0.1, -0.05) is 0 Å². The fourth-order valence-corrected chi connectivity index (χ4v) is 4.99. The Kier molecular flexibility index (Phi) is 6.25. The van der Waals surface area contributed by atoms with Crippen LogP contribution in [0.25, 0.3) is 0 Å². The van der Waals surface area contributed by atoms with Crippen molar-refractivity contribution in [3.05, 3.63) is 60.4 Å². The van der Waals surface area contributed by atoms with Crippen molar-refractivity contribution >= 4 is 17.7 Å². The fraction of sp³-hybridized carbons (Fsp3) is 0.500. The van der Waals surface area contributed by atoms with Gasteiger partial charge in [0.2, 0.25) is 17.1 Å². The highest BCUT2D eigenvalue weighted by Crippen LogP contribution is 2.43. The second-order valence-electron chi connectivity index (χ2n) is 7.62. The number of aromatic hydroxyl groups is 1. The van der Waals surface area contributed by atoms with Gasteiger partial charge >= 0.3 is 5.69 Å². The third-order valence-corrected chi connectivity index (χ3v) is 6.55. The Labute approximate surface area is 176 Å². The van der Waals surface area contributed by atoms with E-state index < -0.39 is 27.8 Å². The van der Waals surface area contributed by atoms with Crippen molar-refractivity contribution in [3.8, 4) is 5.75 Å². The summed E-state index contributed by atoms with van der Waals surface area (Å²) in [7, 11) is 2.92. The predicted molar refractivity (Wildman–Crippen MR) is 113 cm³/mol. The molecule has 0 atom stereocenters. The van der Waals surface area contributed by atoms with E-state index in [0.717, 1.165) is 16.1 Å². The summed E-state index contributed by atoms with van der Waals surface area (Å²) >= 11 is 1.74. The number of rotatable bonds is 5. The highest BCUT2D eigenvalue weighted by Gasteiger charge is 2.41. The Morgan fingerprint density at radius 1 is 1.20 bits per heavy atom. The lowest BCUT2D eigenvalue weighted by atomic mass is 9.75. The van der Waals surface area contributed by atoms with Crippen LogP contribution in [0.5, 0.6) is 5.75 Å². The third kappa shape index (κ3) is 4.23. The van der Waals surface area contributed by atoms with Gasteiger partial charge in [-0.2, -0.15) is 11.8 Å². The molecule has 162 valence electrons. The van der Waals surface area contributed by atoms with Gasteiger partial charge in [0.25, 0.3) is 5.56 Å². The summed E-state index contributed by atoms with van der Waals surface area (Å²) < 4.78 is 8.02. The second-order valence-corrected chi connectivity index (χ2v) is 8.84. The molecule has 3 heterocycles. The fourth-order valence-electron chi connectivity index (χ4n) is 3.72. The van der Waals surface area contributed by atoms with Crippen LogP contribution in [0, 0.1) is 6.92 Å². The molecule has 1 saturated heterocycles. The molecule has 0 aliphatic carbocycles. The number of carbonyl (C=O) groups excluding carboxylic acids is 1. The van der Waals surface area contributed by atoms with Gasteiger partial charge in [0.05, 0.1) is 6.54 Å². The number of hydrogen-bond donors (Lipinski definition) is 2. The van der Waals surface area contributed by atoms with Crippen LogP contribution in [-0.4, -0.2) is 31.7 Å². The van der Waals surface area contributed by atoms with Crippen LogP contribution in [0.2, 0.25) is 0 Å². The number of amides is 1. The lowest BCUT2D eigenvalue weighted by molar-refractivity contribution is -0.122. The molecule has 2 aromatic rings. The third-order valence-electron chi connectivity index (χ3n) is 5.57. The van der Waals surface area contributed by atoms with E-state index in [4.69, 9.17) is 4.42 Å². The summed E-state index contributed by atoms with van der Waals surface area (Å²) in [6.07, 6.45) is 1.18. The van der Waals surface area contributed by atoms with Crippen LogP contribution in [-0.2, 0) is 30.8 Å². The Morgan fingerprint density at radius 2 is 1.87 bits per heavy atom. The van der Waals surface area contributed by atoms with Crippen LogP contribution in [0.4, 0.5) is 0 Å². The van der Waals surface area contributed by atoms with E-state index in [1.807, 2.05) is 0 Å². The lowest BCUT2D eigenvalue weighted by Gasteiger charge is -2.35. The van der Waals surface area contributed by atoms with Crippen LogP contribution in [0.3, 0.4) is 0 Å². The SMILES string of the molecule is Cc1cc(=O)c(O)c(C2(CC(=O)NCc3cc(=O)n(C)c(=O)n3C)CCSCC2)o1. The van der Waals surface area contributed by atoms with Crippen molar-refractivity contribution in [3.63, 3.8) is 0 Å². The molecule has 1 fully saturated rings. The zero-order chi connectivity index (χ0) is 22.1. The van der Waals surface area contributed by atoms with Crippen molar-refractivity contribution in [1.29, 1.82) is 0 Å². The quantitative estimate of drug-likeness (QED) is 0.702. The topological polar surface area (TPSA) is 124 Å². The van der Waals surface area contributed by atoms with Gasteiger partial charge in [-0.3, -0.25) is 23.5 Å². The minimum Gasteiger partial charge on any atom is -0.502 e. The minimum atomic E-state index is -0.788. The number of aryl methyl sites for hydroxylation is 1. The zero-order valence-corrected chi connectivity index (χ0v) is 18.0. The molecule has 0 saturated carbocycles. The van der Waals surface area contributed by atoms with Gasteiger partial charge in [0, 0.05) is 43.8 Å². The van der Waals surface area contributed by atoms with Crippen molar-refractivity contribution in [2.24, 2.45) is 14.1 Å². The predicted octanol–water partition coefficient (Wildman–Crippen LogP) is 0.523. The van der Waals surface area contributed by atoms with Gasteiger partial charge in [-0.05, 0) is 31.3 Å². The van der Waals surface area contributed by atoms with E-state index >= 15 is 0 Å². The molecule has 0 unspecified atom stereocenters. The molecular formula is C20H25N3O6S. The maximum absolute atomic E-state index is 12.8. The van der Waals surface area contributed by atoms with E-state index in [9.17, 15) is 24.3 Å². The Balaban J connectivity index is 1.85. The first kappa shape index (κ1) is 21.9. The molecule has 1 aliphatic rings. The summed E-state index contributed by atoms with van der Waals surface area (Å²) in [6, 6.07) is 2.53. The van der Waals surface area contributed by atoms with Crippen LogP contribution in [0.1, 0.15) is 36.5 Å². The Hall–Kier alpha value is -2.75. The van der Waals surface area contributed by atoms with Gasteiger partial charge in [-0.25, -0.2) is 4.79 Å². The summed E-state index contributed by atoms with van der Waals surface area (Å²) in [4.78, 5) is 48.8. The number of thioether (sulfide) groups is 1. The van der Waals surface area contributed by atoms with Gasteiger partial charge in [-0.15, -0.1) is 0 Å². The number of aromatic nitrogens is 2. The first-order valence-electron chi connectivity index (χ1n) is 9.59. The molecule has 0 radical (unpaired) electrons. The van der Waals surface area contributed by atoms with Gasteiger partial charge < -0.3 is 14.8 Å². The van der Waals surface area contributed by atoms with Crippen molar-refractivity contribution < 1.29 is 14.3 Å². The standard InChI is InChI=1S/C20H25N3O6S/c1-12-8-14(24)17(27)18(29-12)20(4-6-30-7-5-20)10-15(25)21-11-13-9-16(26)23(3)19(28)22(13)2/h8-9,27H,4-7,10-11H2,1-3H3,(H,21,25). The molecule has 0 bridgehead atoms. The average Bonchev–Trinajstić information content (AvgIpc) is 2.71. The molecule has 9 nitrogen and oxygen atoms in total. The molecule has 10 heteroatoms. The van der Waals surface area contributed by atoms with E-state index in [0.29, 0.717) is 24.3 Å². The first-order valence-corrected chi connectivity index (χ1v) is 10.7. The molecular weight excluding hydrogens is 410 g/mol. The van der Waals surface area contributed by atoms with E-state index in [2.05, 4.69) is 5.32 Å². The molecule has 0 spiro atoms.